The highest BCUT2D eigenvalue weighted by molar-refractivity contribution is 5.95. The molecule has 25 heavy (non-hydrogen) atoms. The number of ether oxygens (including phenoxy) is 2. The summed E-state index contributed by atoms with van der Waals surface area (Å²) in [5.74, 6) is 0.103. The Morgan fingerprint density at radius 2 is 2.12 bits per heavy atom. The summed E-state index contributed by atoms with van der Waals surface area (Å²) in [7, 11) is 0. The molecule has 2 aliphatic rings. The third-order valence-corrected chi connectivity index (χ3v) is 4.36. The molecular weight excluding hydrogens is 326 g/mol. The quantitative estimate of drug-likeness (QED) is 0.752. The molecule has 0 spiro atoms. The van der Waals surface area contributed by atoms with Gasteiger partial charge in [0.15, 0.2) is 12.2 Å². The van der Waals surface area contributed by atoms with Crippen LogP contribution in [0.2, 0.25) is 0 Å². The predicted octanol–water partition coefficient (Wildman–Crippen LogP) is 1.06. The minimum absolute atomic E-state index is 0.229. The molecule has 2 atom stereocenters. The van der Waals surface area contributed by atoms with Crippen molar-refractivity contribution in [3.63, 3.8) is 0 Å². The lowest BCUT2D eigenvalue weighted by Gasteiger charge is -2.34. The lowest BCUT2D eigenvalue weighted by Crippen LogP contribution is -2.49. The zero-order valence-corrected chi connectivity index (χ0v) is 13.7. The number of aryl methyl sites for hydroxylation is 1. The van der Waals surface area contributed by atoms with E-state index in [1.54, 1.807) is 24.0 Å². The van der Waals surface area contributed by atoms with Gasteiger partial charge in [0.05, 0.1) is 18.7 Å². The maximum absolute atomic E-state index is 12.8. The number of esters is 1. The van der Waals surface area contributed by atoms with Crippen LogP contribution in [0.25, 0.3) is 0 Å². The van der Waals surface area contributed by atoms with Gasteiger partial charge < -0.3 is 18.8 Å². The van der Waals surface area contributed by atoms with Gasteiger partial charge in [-0.1, -0.05) is 18.2 Å². The Hall–Kier alpha value is -2.74. The second-order valence-corrected chi connectivity index (χ2v) is 6.06. The van der Waals surface area contributed by atoms with E-state index in [9.17, 15) is 9.59 Å². The van der Waals surface area contributed by atoms with Gasteiger partial charge in [-0.05, 0) is 11.6 Å². The summed E-state index contributed by atoms with van der Waals surface area (Å²) in [6.45, 7) is 2.77. The topological polar surface area (TPSA) is 94.8 Å². The second-order valence-electron chi connectivity index (χ2n) is 6.06. The molecule has 2 aromatic rings. The van der Waals surface area contributed by atoms with Crippen molar-refractivity contribution in [3.8, 4) is 0 Å². The Kier molecular flexibility index (Phi) is 3.96. The maximum Gasteiger partial charge on any atom is 0.339 e. The number of nitrogens with zero attached hydrogens (tertiary/aromatic N) is 3. The average Bonchev–Trinajstić information content (AvgIpc) is 3.08. The third-order valence-electron chi connectivity index (χ3n) is 4.36. The van der Waals surface area contributed by atoms with Gasteiger partial charge in [0.1, 0.15) is 0 Å². The van der Waals surface area contributed by atoms with E-state index in [4.69, 9.17) is 13.9 Å². The molecule has 130 valence electrons. The molecule has 1 saturated heterocycles. The van der Waals surface area contributed by atoms with E-state index >= 15 is 0 Å². The van der Waals surface area contributed by atoms with Crippen LogP contribution in [-0.4, -0.2) is 52.8 Å². The highest BCUT2D eigenvalue weighted by atomic mass is 16.6. The third kappa shape index (κ3) is 3.00. The number of rotatable bonds is 2. The minimum atomic E-state index is -0.814. The van der Waals surface area contributed by atoms with E-state index in [0.29, 0.717) is 36.9 Å². The zero-order valence-electron chi connectivity index (χ0n) is 13.7. The first-order valence-corrected chi connectivity index (χ1v) is 8.11. The van der Waals surface area contributed by atoms with Crippen LogP contribution in [0.15, 0.2) is 28.7 Å². The van der Waals surface area contributed by atoms with Gasteiger partial charge in [-0.2, -0.15) is 0 Å². The van der Waals surface area contributed by atoms with E-state index in [2.05, 4.69) is 10.2 Å². The fraction of sp³-hybridized carbons (Fsp3) is 0.412. The summed E-state index contributed by atoms with van der Waals surface area (Å²) in [6, 6.07) is 7.18. The van der Waals surface area contributed by atoms with Crippen LogP contribution in [0, 0.1) is 6.92 Å². The Balaban J connectivity index is 1.48. The lowest BCUT2D eigenvalue weighted by atomic mass is 9.98. The van der Waals surface area contributed by atoms with Crippen LogP contribution < -0.4 is 0 Å². The number of morpholine rings is 1. The highest BCUT2D eigenvalue weighted by Crippen LogP contribution is 2.25. The predicted molar refractivity (Wildman–Crippen MR) is 83.7 cm³/mol. The molecule has 8 heteroatoms. The normalized spacial score (nSPS) is 23.1. The van der Waals surface area contributed by atoms with Gasteiger partial charge in [0, 0.05) is 19.9 Å². The number of hydrogen-bond acceptors (Lipinski definition) is 7. The van der Waals surface area contributed by atoms with Gasteiger partial charge in [0.25, 0.3) is 5.91 Å². The number of benzene rings is 1. The summed E-state index contributed by atoms with van der Waals surface area (Å²) >= 11 is 0. The van der Waals surface area contributed by atoms with E-state index in [1.807, 2.05) is 12.1 Å². The molecular formula is C17H17N3O5. The number of cyclic esters (lactones) is 1. The lowest BCUT2D eigenvalue weighted by molar-refractivity contribution is -0.149. The summed E-state index contributed by atoms with van der Waals surface area (Å²) in [6.07, 6.45) is -0.904. The number of amides is 1. The van der Waals surface area contributed by atoms with Crippen LogP contribution >= 0.6 is 0 Å². The Morgan fingerprint density at radius 3 is 2.92 bits per heavy atom. The van der Waals surface area contributed by atoms with Gasteiger partial charge in [-0.25, -0.2) is 4.79 Å². The first-order chi connectivity index (χ1) is 12.1. The standard InChI is InChI=1S/C17H17N3O5/c1-10-18-19-15(24-10)14-9-20(6-7-23-14)16(21)13-8-11-4-2-3-5-12(11)17(22)25-13/h2-5,13-14H,6-9H2,1H3/t13-,14-/m1/s1. The minimum Gasteiger partial charge on any atom is -0.448 e. The fourth-order valence-corrected chi connectivity index (χ4v) is 3.11. The molecule has 1 aromatic carbocycles. The van der Waals surface area contributed by atoms with Crippen molar-refractivity contribution >= 4 is 11.9 Å². The maximum atomic E-state index is 12.8. The SMILES string of the molecule is Cc1nnc([C@H]2CN(C(=O)[C@H]3Cc4ccccc4C(=O)O3)CCO2)o1. The van der Waals surface area contributed by atoms with Gasteiger partial charge in [-0.3, -0.25) is 4.79 Å². The first-order valence-electron chi connectivity index (χ1n) is 8.11. The van der Waals surface area contributed by atoms with Crippen LogP contribution in [-0.2, 0) is 20.7 Å². The Morgan fingerprint density at radius 1 is 1.28 bits per heavy atom. The highest BCUT2D eigenvalue weighted by Gasteiger charge is 2.37. The smallest absolute Gasteiger partial charge is 0.339 e. The Labute approximate surface area is 143 Å². The molecule has 0 unspecified atom stereocenters. The van der Waals surface area contributed by atoms with Gasteiger partial charge in [0.2, 0.25) is 11.8 Å². The molecule has 0 aliphatic carbocycles. The molecule has 1 fully saturated rings. The van der Waals surface area contributed by atoms with Crippen LogP contribution in [0.5, 0.6) is 0 Å². The molecule has 1 amide bonds. The van der Waals surface area contributed by atoms with Crippen LogP contribution in [0.4, 0.5) is 0 Å². The van der Waals surface area contributed by atoms with Crippen LogP contribution in [0.1, 0.15) is 33.8 Å². The van der Waals surface area contributed by atoms with Crippen molar-refractivity contribution < 1.29 is 23.5 Å². The monoisotopic (exact) mass is 343 g/mol. The summed E-state index contributed by atoms with van der Waals surface area (Å²) in [4.78, 5) is 26.6. The average molecular weight is 343 g/mol. The van der Waals surface area contributed by atoms with Crippen molar-refractivity contribution in [2.45, 2.75) is 25.6 Å². The van der Waals surface area contributed by atoms with Crippen LogP contribution in [0.3, 0.4) is 0 Å². The molecule has 0 N–H and O–H groups in total. The molecule has 2 aliphatic heterocycles. The van der Waals surface area contributed by atoms with E-state index in [0.717, 1.165) is 5.56 Å². The van der Waals surface area contributed by atoms with Crippen molar-refractivity contribution in [2.75, 3.05) is 19.7 Å². The van der Waals surface area contributed by atoms with E-state index in [1.165, 1.54) is 0 Å². The molecule has 0 saturated carbocycles. The van der Waals surface area contributed by atoms with Crippen molar-refractivity contribution in [3.05, 3.63) is 47.2 Å². The zero-order chi connectivity index (χ0) is 17.4. The molecule has 0 bridgehead atoms. The largest absolute Gasteiger partial charge is 0.448 e. The number of aromatic nitrogens is 2. The van der Waals surface area contributed by atoms with Gasteiger partial charge >= 0.3 is 5.97 Å². The summed E-state index contributed by atoms with van der Waals surface area (Å²) in [5.41, 5.74) is 1.35. The van der Waals surface area contributed by atoms with E-state index < -0.39 is 18.2 Å². The first kappa shape index (κ1) is 15.8. The van der Waals surface area contributed by atoms with E-state index in [-0.39, 0.29) is 12.5 Å². The summed E-state index contributed by atoms with van der Waals surface area (Å²) < 4.78 is 16.4. The van der Waals surface area contributed by atoms with Crippen molar-refractivity contribution in [1.82, 2.24) is 15.1 Å². The number of carbonyl (C=O) groups is 2. The fourth-order valence-electron chi connectivity index (χ4n) is 3.11. The number of carbonyl (C=O) groups excluding carboxylic acids is 2. The Bertz CT molecular complexity index is 818. The van der Waals surface area contributed by atoms with Gasteiger partial charge in [-0.15, -0.1) is 10.2 Å². The second kappa shape index (κ2) is 6.29. The molecule has 0 radical (unpaired) electrons. The molecule has 8 nitrogen and oxygen atoms in total. The van der Waals surface area contributed by atoms with Crippen molar-refractivity contribution in [1.29, 1.82) is 0 Å². The molecule has 1 aromatic heterocycles. The molecule has 4 rings (SSSR count). The molecule has 3 heterocycles. The summed E-state index contributed by atoms with van der Waals surface area (Å²) in [5, 5.41) is 7.74. The van der Waals surface area contributed by atoms with Crippen molar-refractivity contribution in [2.24, 2.45) is 0 Å². The number of fused-ring (bicyclic) bond motifs is 1. The number of hydrogen-bond donors (Lipinski definition) is 0.